The minimum atomic E-state index is -0.203. The molecule has 1 N–H and O–H groups in total. The fourth-order valence-corrected chi connectivity index (χ4v) is 4.44. The Labute approximate surface area is 182 Å². The second-order valence-electron chi connectivity index (χ2n) is 7.11. The second-order valence-corrected chi connectivity index (χ2v) is 8.05. The van der Waals surface area contributed by atoms with Gasteiger partial charge in [0, 0.05) is 10.9 Å². The summed E-state index contributed by atoms with van der Waals surface area (Å²) in [4.78, 5) is 34.1. The summed E-state index contributed by atoms with van der Waals surface area (Å²) in [6, 6.07) is 22.8. The van der Waals surface area contributed by atoms with Gasteiger partial charge >= 0.3 is 0 Å². The number of nitrogens with one attached hydrogen (secondary N) is 1. The van der Waals surface area contributed by atoms with Crippen LogP contribution in [0.15, 0.2) is 78.0 Å². The van der Waals surface area contributed by atoms with Crippen LogP contribution >= 0.6 is 11.8 Å². The highest BCUT2D eigenvalue weighted by atomic mass is 32.2. The number of ketones is 1. The molecule has 5 aromatic rings. The van der Waals surface area contributed by atoms with E-state index in [4.69, 9.17) is 9.97 Å². The number of aromatic nitrogens is 3. The fourth-order valence-electron chi connectivity index (χ4n) is 3.63. The quantitative estimate of drug-likeness (QED) is 0.244. The van der Waals surface area contributed by atoms with E-state index in [9.17, 15) is 9.59 Å². The van der Waals surface area contributed by atoms with E-state index in [2.05, 4.69) is 5.32 Å². The number of para-hydroxylation sites is 4. The van der Waals surface area contributed by atoms with Gasteiger partial charge in [-0.15, -0.1) is 0 Å². The number of fused-ring (bicyclic) bond motifs is 5. The van der Waals surface area contributed by atoms with Gasteiger partial charge in [0.2, 0.25) is 5.91 Å². The van der Waals surface area contributed by atoms with E-state index in [1.165, 1.54) is 18.7 Å². The molecule has 152 valence electrons. The third-order valence-corrected chi connectivity index (χ3v) is 5.96. The Bertz CT molecular complexity index is 1480. The van der Waals surface area contributed by atoms with Crippen LogP contribution in [-0.2, 0) is 4.79 Å². The highest BCUT2D eigenvalue weighted by molar-refractivity contribution is 7.99. The third kappa shape index (κ3) is 3.53. The molecular formula is C24H18N4O2S. The summed E-state index contributed by atoms with van der Waals surface area (Å²) in [5.74, 6) is -0.142. The number of hydrogen-bond acceptors (Lipinski definition) is 5. The average Bonchev–Trinajstić information content (AvgIpc) is 3.18. The zero-order valence-corrected chi connectivity index (χ0v) is 17.5. The lowest BCUT2D eigenvalue weighted by Gasteiger charge is -2.10. The predicted molar refractivity (Wildman–Crippen MR) is 124 cm³/mol. The summed E-state index contributed by atoms with van der Waals surface area (Å²) < 4.78 is 2.00. The number of imidazole rings is 1. The normalized spacial score (nSPS) is 11.3. The van der Waals surface area contributed by atoms with Crippen LogP contribution < -0.4 is 5.32 Å². The van der Waals surface area contributed by atoms with Gasteiger partial charge in [0.15, 0.2) is 10.9 Å². The van der Waals surface area contributed by atoms with Gasteiger partial charge in [0.25, 0.3) is 0 Å². The van der Waals surface area contributed by atoms with Crippen molar-refractivity contribution in [2.45, 2.75) is 12.1 Å². The van der Waals surface area contributed by atoms with Gasteiger partial charge in [-0.1, -0.05) is 48.2 Å². The first-order valence-electron chi connectivity index (χ1n) is 9.80. The van der Waals surface area contributed by atoms with E-state index in [0.29, 0.717) is 16.4 Å². The van der Waals surface area contributed by atoms with Crippen LogP contribution in [0.4, 0.5) is 5.69 Å². The van der Waals surface area contributed by atoms with E-state index < -0.39 is 0 Å². The molecule has 3 aromatic carbocycles. The first-order chi connectivity index (χ1) is 15.1. The van der Waals surface area contributed by atoms with Gasteiger partial charge < -0.3 is 5.32 Å². The number of amides is 1. The number of carbonyl (C=O) groups excluding carboxylic acids is 2. The zero-order chi connectivity index (χ0) is 21.4. The molecule has 0 radical (unpaired) electrons. The molecule has 0 aliphatic heterocycles. The summed E-state index contributed by atoms with van der Waals surface area (Å²) >= 11 is 1.34. The molecule has 7 heteroatoms. The van der Waals surface area contributed by atoms with Gasteiger partial charge in [-0.25, -0.2) is 9.97 Å². The van der Waals surface area contributed by atoms with Gasteiger partial charge in [-0.2, -0.15) is 0 Å². The van der Waals surface area contributed by atoms with Crippen molar-refractivity contribution in [1.29, 1.82) is 0 Å². The van der Waals surface area contributed by atoms with Crippen molar-refractivity contribution in [3.8, 4) is 0 Å². The summed E-state index contributed by atoms with van der Waals surface area (Å²) in [6.45, 7) is 1.49. The number of benzene rings is 3. The Balaban J connectivity index is 1.50. The van der Waals surface area contributed by atoms with E-state index >= 15 is 0 Å². The molecule has 0 unspecified atom stereocenters. The van der Waals surface area contributed by atoms with Gasteiger partial charge in [0.05, 0.1) is 28.0 Å². The van der Waals surface area contributed by atoms with Crippen molar-refractivity contribution in [3.05, 3.63) is 78.4 Å². The topological polar surface area (TPSA) is 76.4 Å². The SMILES string of the molecule is CC(=O)c1ccccc1NC(=O)CSc1nc2ccccc2c2nc3ccccc3n12. The largest absolute Gasteiger partial charge is 0.325 e. The Kier molecular flexibility index (Phi) is 4.88. The maximum Gasteiger partial charge on any atom is 0.234 e. The highest BCUT2D eigenvalue weighted by Crippen LogP contribution is 2.29. The Morgan fingerprint density at radius 2 is 1.61 bits per heavy atom. The van der Waals surface area contributed by atoms with E-state index in [1.54, 1.807) is 24.3 Å². The van der Waals surface area contributed by atoms with Crippen molar-refractivity contribution in [2.75, 3.05) is 11.1 Å². The molecule has 31 heavy (non-hydrogen) atoms. The number of Topliss-reactive ketones (excluding diaryl/α,β-unsaturated/α-hetero) is 1. The predicted octanol–water partition coefficient (Wildman–Crippen LogP) is 4.97. The zero-order valence-electron chi connectivity index (χ0n) is 16.7. The minimum Gasteiger partial charge on any atom is -0.325 e. The summed E-state index contributed by atoms with van der Waals surface area (Å²) in [5.41, 5.74) is 4.48. The Hall–Kier alpha value is -3.71. The monoisotopic (exact) mass is 426 g/mol. The van der Waals surface area contributed by atoms with Crippen molar-refractivity contribution >= 4 is 56.7 Å². The molecular weight excluding hydrogens is 408 g/mol. The number of carbonyl (C=O) groups is 2. The number of hydrogen-bond donors (Lipinski definition) is 1. The summed E-state index contributed by atoms with van der Waals surface area (Å²) in [6.07, 6.45) is 0. The fraction of sp³-hybridized carbons (Fsp3) is 0.0833. The van der Waals surface area contributed by atoms with Crippen molar-refractivity contribution in [1.82, 2.24) is 14.4 Å². The number of nitrogens with zero attached hydrogens (tertiary/aromatic N) is 3. The summed E-state index contributed by atoms with van der Waals surface area (Å²) in [7, 11) is 0. The van der Waals surface area contributed by atoms with Crippen LogP contribution in [0.5, 0.6) is 0 Å². The molecule has 0 aliphatic rings. The van der Waals surface area contributed by atoms with Crippen LogP contribution in [0.3, 0.4) is 0 Å². The third-order valence-electron chi connectivity index (χ3n) is 5.03. The van der Waals surface area contributed by atoms with Crippen LogP contribution in [0.25, 0.3) is 27.6 Å². The van der Waals surface area contributed by atoms with Gasteiger partial charge in [-0.05, 0) is 43.3 Å². The molecule has 2 heterocycles. The lowest BCUT2D eigenvalue weighted by molar-refractivity contribution is -0.113. The summed E-state index contributed by atoms with van der Waals surface area (Å²) in [5, 5.41) is 4.50. The van der Waals surface area contributed by atoms with Gasteiger partial charge in [0.1, 0.15) is 5.65 Å². The molecule has 0 bridgehead atoms. The minimum absolute atomic E-state index is 0.0913. The molecule has 0 fully saturated rings. The van der Waals surface area contributed by atoms with Crippen molar-refractivity contribution < 1.29 is 9.59 Å². The smallest absolute Gasteiger partial charge is 0.234 e. The molecule has 2 aromatic heterocycles. The first-order valence-corrected chi connectivity index (χ1v) is 10.8. The lowest BCUT2D eigenvalue weighted by atomic mass is 10.1. The molecule has 0 saturated carbocycles. The molecule has 0 aliphatic carbocycles. The first kappa shape index (κ1) is 19.3. The van der Waals surface area contributed by atoms with Gasteiger partial charge in [-0.3, -0.25) is 14.0 Å². The van der Waals surface area contributed by atoms with E-state index in [-0.39, 0.29) is 17.4 Å². The van der Waals surface area contributed by atoms with Crippen LogP contribution in [0, 0.1) is 0 Å². The van der Waals surface area contributed by atoms with Crippen LogP contribution in [0.1, 0.15) is 17.3 Å². The Morgan fingerprint density at radius 3 is 2.45 bits per heavy atom. The number of anilines is 1. The molecule has 1 amide bonds. The molecule has 6 nitrogen and oxygen atoms in total. The number of thioether (sulfide) groups is 1. The maximum atomic E-state index is 12.7. The second kappa shape index (κ2) is 7.85. The Morgan fingerprint density at radius 1 is 0.903 bits per heavy atom. The van der Waals surface area contributed by atoms with Crippen LogP contribution in [-0.4, -0.2) is 31.8 Å². The van der Waals surface area contributed by atoms with E-state index in [0.717, 1.165) is 27.6 Å². The molecule has 0 spiro atoms. The molecule has 0 saturated heterocycles. The number of rotatable bonds is 5. The van der Waals surface area contributed by atoms with Crippen molar-refractivity contribution in [2.24, 2.45) is 0 Å². The molecule has 0 atom stereocenters. The van der Waals surface area contributed by atoms with Crippen LogP contribution in [0.2, 0.25) is 0 Å². The molecule has 5 rings (SSSR count). The average molecular weight is 427 g/mol. The standard InChI is InChI=1S/C24H18N4O2S/c1-15(29)16-8-2-4-10-18(16)25-22(30)14-31-24-27-19-11-5-3-9-17(19)23-26-20-12-6-7-13-21(20)28(23)24/h2-13H,14H2,1H3,(H,25,30). The highest BCUT2D eigenvalue weighted by Gasteiger charge is 2.16. The van der Waals surface area contributed by atoms with E-state index in [1.807, 2.05) is 52.9 Å². The van der Waals surface area contributed by atoms with Crippen molar-refractivity contribution in [3.63, 3.8) is 0 Å². The maximum absolute atomic E-state index is 12.7. The lowest BCUT2D eigenvalue weighted by Crippen LogP contribution is -2.16.